The van der Waals surface area contributed by atoms with Crippen LogP contribution in [-0.4, -0.2) is 43.2 Å². The molecule has 0 bridgehead atoms. The quantitative estimate of drug-likeness (QED) is 0.714. The third kappa shape index (κ3) is 5.13. The van der Waals surface area contributed by atoms with Gasteiger partial charge in [0.05, 0.1) is 11.8 Å². The lowest BCUT2D eigenvalue weighted by Gasteiger charge is -2.37. The molecule has 2 atom stereocenters. The van der Waals surface area contributed by atoms with Crippen LogP contribution >= 0.6 is 11.6 Å². The normalized spacial score (nSPS) is 21.6. The highest BCUT2D eigenvalue weighted by Crippen LogP contribution is 2.31. The van der Waals surface area contributed by atoms with E-state index in [0.29, 0.717) is 18.5 Å². The van der Waals surface area contributed by atoms with Gasteiger partial charge in [0, 0.05) is 48.3 Å². The number of rotatable bonds is 5. The van der Waals surface area contributed by atoms with Gasteiger partial charge in [0.25, 0.3) is 0 Å². The number of piperazine rings is 1. The number of hydrogen-bond acceptors (Lipinski definition) is 4. The second-order valence-electron chi connectivity index (χ2n) is 8.33. The van der Waals surface area contributed by atoms with Crippen molar-refractivity contribution in [1.29, 1.82) is 0 Å². The molecule has 6 nitrogen and oxygen atoms in total. The van der Waals surface area contributed by atoms with E-state index in [9.17, 15) is 14.7 Å². The van der Waals surface area contributed by atoms with Crippen LogP contribution in [0.4, 0.5) is 17.1 Å². The largest absolute Gasteiger partial charge is 0.481 e. The van der Waals surface area contributed by atoms with E-state index in [1.165, 1.54) is 0 Å². The monoisotopic (exact) mass is 441 g/mol. The van der Waals surface area contributed by atoms with E-state index >= 15 is 0 Å². The van der Waals surface area contributed by atoms with E-state index < -0.39 is 17.8 Å². The van der Waals surface area contributed by atoms with Crippen LogP contribution in [0.2, 0.25) is 5.02 Å². The number of nitrogens with zero attached hydrogens (tertiary/aromatic N) is 2. The Morgan fingerprint density at radius 2 is 1.48 bits per heavy atom. The minimum Gasteiger partial charge on any atom is -0.481 e. The van der Waals surface area contributed by atoms with Gasteiger partial charge >= 0.3 is 5.97 Å². The number of anilines is 3. The zero-order valence-electron chi connectivity index (χ0n) is 17.5. The van der Waals surface area contributed by atoms with Crippen molar-refractivity contribution in [2.45, 2.75) is 25.7 Å². The summed E-state index contributed by atoms with van der Waals surface area (Å²) in [5.74, 6) is -2.09. The molecule has 31 heavy (non-hydrogen) atoms. The zero-order valence-corrected chi connectivity index (χ0v) is 18.2. The molecule has 2 aliphatic rings. The summed E-state index contributed by atoms with van der Waals surface area (Å²) < 4.78 is 0. The molecule has 1 heterocycles. The molecule has 164 valence electrons. The standard InChI is InChI=1S/C24H28ClN3O3/c25-17-4-3-5-20(16-17)28-14-12-27(13-15-28)19-10-8-18(9-11-19)26-23(29)21-6-1-2-7-22(21)24(30)31/h3-5,8-11,16,21-22H,1-2,6-7,12-15H2,(H,26,29)(H,30,31)/t21-,22-/m1/s1. The fourth-order valence-electron chi connectivity index (χ4n) is 4.63. The van der Waals surface area contributed by atoms with Crippen LogP contribution in [-0.2, 0) is 9.59 Å². The Morgan fingerprint density at radius 3 is 2.10 bits per heavy atom. The van der Waals surface area contributed by atoms with Gasteiger partial charge in [-0.2, -0.15) is 0 Å². The molecule has 1 amide bonds. The Bertz CT molecular complexity index is 926. The van der Waals surface area contributed by atoms with E-state index in [2.05, 4.69) is 21.2 Å². The summed E-state index contributed by atoms with van der Waals surface area (Å²) in [6, 6.07) is 15.8. The highest BCUT2D eigenvalue weighted by atomic mass is 35.5. The molecule has 1 saturated heterocycles. The lowest BCUT2D eigenvalue weighted by molar-refractivity contribution is -0.147. The molecule has 2 aromatic carbocycles. The summed E-state index contributed by atoms with van der Waals surface area (Å²) >= 11 is 6.12. The summed E-state index contributed by atoms with van der Waals surface area (Å²) in [7, 11) is 0. The van der Waals surface area contributed by atoms with Gasteiger partial charge in [-0.25, -0.2) is 0 Å². The van der Waals surface area contributed by atoms with Crippen molar-refractivity contribution in [3.8, 4) is 0 Å². The van der Waals surface area contributed by atoms with E-state index in [0.717, 1.165) is 55.4 Å². The fraction of sp³-hybridized carbons (Fsp3) is 0.417. The Balaban J connectivity index is 1.33. The van der Waals surface area contributed by atoms with Crippen molar-refractivity contribution in [3.05, 3.63) is 53.6 Å². The number of halogens is 1. The molecule has 4 rings (SSSR count). The van der Waals surface area contributed by atoms with Crippen molar-refractivity contribution in [2.24, 2.45) is 11.8 Å². The summed E-state index contributed by atoms with van der Waals surface area (Å²) in [6.07, 6.45) is 2.99. The van der Waals surface area contributed by atoms with Gasteiger partial charge in [-0.15, -0.1) is 0 Å². The highest BCUT2D eigenvalue weighted by molar-refractivity contribution is 6.30. The van der Waals surface area contributed by atoms with Crippen LogP contribution in [0, 0.1) is 11.8 Å². The Morgan fingerprint density at radius 1 is 0.871 bits per heavy atom. The van der Waals surface area contributed by atoms with Crippen molar-refractivity contribution in [1.82, 2.24) is 0 Å². The predicted molar refractivity (Wildman–Crippen MR) is 124 cm³/mol. The molecular weight excluding hydrogens is 414 g/mol. The van der Waals surface area contributed by atoms with E-state index in [4.69, 9.17) is 11.6 Å². The number of carboxylic acid groups (broad SMARTS) is 1. The van der Waals surface area contributed by atoms with Gasteiger partial charge in [-0.05, 0) is 55.3 Å². The van der Waals surface area contributed by atoms with E-state index in [-0.39, 0.29) is 5.91 Å². The molecule has 0 spiro atoms. The second-order valence-corrected chi connectivity index (χ2v) is 8.76. The molecular formula is C24H28ClN3O3. The molecule has 1 aliphatic carbocycles. The van der Waals surface area contributed by atoms with Gasteiger partial charge in [0.1, 0.15) is 0 Å². The molecule has 0 unspecified atom stereocenters. The number of amides is 1. The third-order valence-corrected chi connectivity index (χ3v) is 6.61. The smallest absolute Gasteiger partial charge is 0.307 e. The number of carboxylic acids is 1. The lowest BCUT2D eigenvalue weighted by atomic mass is 9.78. The van der Waals surface area contributed by atoms with Crippen LogP contribution in [0.5, 0.6) is 0 Å². The van der Waals surface area contributed by atoms with Gasteiger partial charge in [-0.1, -0.05) is 30.5 Å². The molecule has 2 aromatic rings. The van der Waals surface area contributed by atoms with Crippen LogP contribution < -0.4 is 15.1 Å². The maximum Gasteiger partial charge on any atom is 0.307 e. The van der Waals surface area contributed by atoms with Gasteiger partial charge in [0.15, 0.2) is 0 Å². The van der Waals surface area contributed by atoms with Crippen molar-refractivity contribution < 1.29 is 14.7 Å². The van der Waals surface area contributed by atoms with Gasteiger partial charge in [0.2, 0.25) is 5.91 Å². The van der Waals surface area contributed by atoms with Crippen molar-refractivity contribution in [2.75, 3.05) is 41.3 Å². The predicted octanol–water partition coefficient (Wildman–Crippen LogP) is 4.50. The zero-order chi connectivity index (χ0) is 21.8. The average Bonchev–Trinajstić information content (AvgIpc) is 2.79. The molecule has 2 fully saturated rings. The Labute approximate surface area is 187 Å². The molecule has 1 saturated carbocycles. The number of carbonyl (C=O) groups excluding carboxylic acids is 1. The minimum atomic E-state index is -0.868. The average molecular weight is 442 g/mol. The van der Waals surface area contributed by atoms with Gasteiger partial charge < -0.3 is 20.2 Å². The van der Waals surface area contributed by atoms with E-state index in [1.54, 1.807) is 0 Å². The van der Waals surface area contributed by atoms with Crippen LogP contribution in [0.25, 0.3) is 0 Å². The van der Waals surface area contributed by atoms with Crippen molar-refractivity contribution in [3.63, 3.8) is 0 Å². The van der Waals surface area contributed by atoms with Crippen LogP contribution in [0.1, 0.15) is 25.7 Å². The Hall–Kier alpha value is -2.73. The first-order chi connectivity index (χ1) is 15.0. The molecule has 1 aliphatic heterocycles. The van der Waals surface area contributed by atoms with Crippen LogP contribution in [0.15, 0.2) is 48.5 Å². The maximum absolute atomic E-state index is 12.7. The number of hydrogen-bond donors (Lipinski definition) is 2. The van der Waals surface area contributed by atoms with Crippen LogP contribution in [0.3, 0.4) is 0 Å². The first-order valence-electron chi connectivity index (χ1n) is 10.9. The highest BCUT2D eigenvalue weighted by Gasteiger charge is 2.35. The van der Waals surface area contributed by atoms with Crippen molar-refractivity contribution >= 4 is 40.5 Å². The Kier molecular flexibility index (Phi) is 6.66. The summed E-state index contributed by atoms with van der Waals surface area (Å²) in [4.78, 5) is 28.8. The van der Waals surface area contributed by atoms with Gasteiger partial charge in [-0.3, -0.25) is 9.59 Å². The SMILES string of the molecule is O=C(O)[C@@H]1CCCC[C@H]1C(=O)Nc1ccc(N2CCN(c3cccc(Cl)c3)CC2)cc1. The second kappa shape index (κ2) is 9.60. The third-order valence-electron chi connectivity index (χ3n) is 6.37. The summed E-state index contributed by atoms with van der Waals surface area (Å²) in [5.41, 5.74) is 2.97. The lowest BCUT2D eigenvalue weighted by Crippen LogP contribution is -2.46. The number of carbonyl (C=O) groups is 2. The minimum absolute atomic E-state index is 0.185. The number of nitrogens with one attached hydrogen (secondary N) is 1. The first kappa shape index (κ1) is 21.5. The molecule has 2 N–H and O–H groups in total. The van der Waals surface area contributed by atoms with E-state index in [1.807, 2.05) is 42.5 Å². The molecule has 0 aromatic heterocycles. The summed E-state index contributed by atoms with van der Waals surface area (Å²) in [6.45, 7) is 3.63. The molecule has 0 radical (unpaired) electrons. The fourth-order valence-corrected chi connectivity index (χ4v) is 4.81. The number of benzene rings is 2. The first-order valence-corrected chi connectivity index (χ1v) is 11.3. The number of aliphatic carboxylic acids is 1. The summed E-state index contributed by atoms with van der Waals surface area (Å²) in [5, 5.41) is 13.1. The maximum atomic E-state index is 12.7. The molecule has 7 heteroatoms. The topological polar surface area (TPSA) is 72.9 Å².